The lowest BCUT2D eigenvalue weighted by atomic mass is 10.1. The molecule has 6 heteroatoms. The SMILES string of the molecule is O=C(Nc1cccc(C(=O)Nc2ccc3ccccc3n2)c1)c1ccc(Cl)cc1. The van der Waals surface area contributed by atoms with Gasteiger partial charge < -0.3 is 10.6 Å². The highest BCUT2D eigenvalue weighted by Gasteiger charge is 2.10. The van der Waals surface area contributed by atoms with Crippen molar-refractivity contribution in [3.05, 3.63) is 101 Å². The zero-order valence-electron chi connectivity index (χ0n) is 15.2. The van der Waals surface area contributed by atoms with Gasteiger partial charge in [-0.2, -0.15) is 0 Å². The van der Waals surface area contributed by atoms with Gasteiger partial charge in [0.1, 0.15) is 5.82 Å². The smallest absolute Gasteiger partial charge is 0.256 e. The minimum atomic E-state index is -0.310. The first-order valence-corrected chi connectivity index (χ1v) is 9.30. The molecule has 0 aliphatic rings. The molecule has 0 radical (unpaired) electrons. The van der Waals surface area contributed by atoms with E-state index in [9.17, 15) is 9.59 Å². The highest BCUT2D eigenvalue weighted by Crippen LogP contribution is 2.17. The van der Waals surface area contributed by atoms with E-state index in [0.717, 1.165) is 10.9 Å². The summed E-state index contributed by atoms with van der Waals surface area (Å²) in [6.07, 6.45) is 0. The predicted octanol–water partition coefficient (Wildman–Crippen LogP) is 5.39. The standard InChI is InChI=1S/C23H16ClN3O2/c24-18-11-8-16(9-12-18)22(28)25-19-6-3-5-17(14-19)23(29)27-21-13-10-15-4-1-2-7-20(15)26-21/h1-14H,(H,25,28)(H,26,27,29). The number of carbonyl (C=O) groups excluding carboxylic acids is 2. The third-order valence-electron chi connectivity index (χ3n) is 4.33. The number of benzene rings is 3. The molecule has 0 spiro atoms. The van der Waals surface area contributed by atoms with E-state index in [1.54, 1.807) is 54.6 Å². The van der Waals surface area contributed by atoms with E-state index >= 15 is 0 Å². The van der Waals surface area contributed by atoms with Gasteiger partial charge in [-0.25, -0.2) is 4.98 Å². The van der Waals surface area contributed by atoms with Gasteiger partial charge in [-0.05, 0) is 60.7 Å². The van der Waals surface area contributed by atoms with Crippen LogP contribution >= 0.6 is 11.6 Å². The maximum atomic E-state index is 12.6. The molecular formula is C23H16ClN3O2. The van der Waals surface area contributed by atoms with Gasteiger partial charge in [0.15, 0.2) is 0 Å². The molecule has 1 aromatic heterocycles. The van der Waals surface area contributed by atoms with Crippen LogP contribution in [-0.4, -0.2) is 16.8 Å². The zero-order valence-corrected chi connectivity index (χ0v) is 16.0. The van der Waals surface area contributed by atoms with Crippen molar-refractivity contribution < 1.29 is 9.59 Å². The Morgan fingerprint density at radius 1 is 0.724 bits per heavy atom. The molecule has 29 heavy (non-hydrogen) atoms. The van der Waals surface area contributed by atoms with E-state index in [4.69, 9.17) is 11.6 Å². The number of nitrogens with zero attached hydrogens (tertiary/aromatic N) is 1. The van der Waals surface area contributed by atoms with Crippen LogP contribution in [-0.2, 0) is 0 Å². The normalized spacial score (nSPS) is 10.5. The lowest BCUT2D eigenvalue weighted by Gasteiger charge is -2.09. The molecule has 0 unspecified atom stereocenters. The van der Waals surface area contributed by atoms with E-state index in [2.05, 4.69) is 15.6 Å². The Morgan fingerprint density at radius 2 is 1.48 bits per heavy atom. The molecule has 3 aromatic carbocycles. The second kappa shape index (κ2) is 8.12. The van der Waals surface area contributed by atoms with Crippen molar-refractivity contribution in [2.75, 3.05) is 10.6 Å². The maximum absolute atomic E-state index is 12.6. The van der Waals surface area contributed by atoms with E-state index in [0.29, 0.717) is 27.7 Å². The number of hydrogen-bond donors (Lipinski definition) is 2. The molecule has 0 saturated heterocycles. The lowest BCUT2D eigenvalue weighted by molar-refractivity contribution is 0.101. The van der Waals surface area contributed by atoms with Gasteiger partial charge >= 0.3 is 0 Å². The fraction of sp³-hybridized carbons (Fsp3) is 0. The van der Waals surface area contributed by atoms with E-state index < -0.39 is 0 Å². The number of amides is 2. The van der Waals surface area contributed by atoms with Crippen LogP contribution in [0.25, 0.3) is 10.9 Å². The minimum absolute atomic E-state index is 0.282. The largest absolute Gasteiger partial charge is 0.322 e. The van der Waals surface area contributed by atoms with Crippen molar-refractivity contribution in [3.8, 4) is 0 Å². The summed E-state index contributed by atoms with van der Waals surface area (Å²) in [7, 11) is 0. The molecule has 2 amide bonds. The van der Waals surface area contributed by atoms with Crippen LogP contribution in [0.3, 0.4) is 0 Å². The highest BCUT2D eigenvalue weighted by molar-refractivity contribution is 6.30. The van der Waals surface area contributed by atoms with Gasteiger partial charge in [0.05, 0.1) is 5.52 Å². The fourth-order valence-corrected chi connectivity index (χ4v) is 2.99. The quantitative estimate of drug-likeness (QED) is 0.481. The topological polar surface area (TPSA) is 71.1 Å². The van der Waals surface area contributed by atoms with Crippen LogP contribution in [0.5, 0.6) is 0 Å². The molecule has 1 heterocycles. The third-order valence-corrected chi connectivity index (χ3v) is 4.58. The Labute approximate surface area is 172 Å². The molecule has 0 bridgehead atoms. The summed E-state index contributed by atoms with van der Waals surface area (Å²) >= 11 is 5.85. The minimum Gasteiger partial charge on any atom is -0.322 e. The van der Waals surface area contributed by atoms with Crippen molar-refractivity contribution in [2.45, 2.75) is 0 Å². The molecule has 0 saturated carbocycles. The van der Waals surface area contributed by atoms with Crippen molar-refractivity contribution >= 4 is 45.8 Å². The maximum Gasteiger partial charge on any atom is 0.256 e. The van der Waals surface area contributed by atoms with Gasteiger partial charge in [0.25, 0.3) is 11.8 Å². The number of aromatic nitrogens is 1. The highest BCUT2D eigenvalue weighted by atomic mass is 35.5. The van der Waals surface area contributed by atoms with Crippen molar-refractivity contribution in [1.82, 2.24) is 4.98 Å². The Morgan fingerprint density at radius 3 is 2.31 bits per heavy atom. The third kappa shape index (κ3) is 4.42. The predicted molar refractivity (Wildman–Crippen MR) is 116 cm³/mol. The van der Waals surface area contributed by atoms with E-state index in [1.165, 1.54) is 0 Å². The molecule has 0 fully saturated rings. The van der Waals surface area contributed by atoms with Gasteiger partial charge in [0, 0.05) is 27.2 Å². The number of para-hydroxylation sites is 1. The van der Waals surface area contributed by atoms with Crippen LogP contribution in [0, 0.1) is 0 Å². The fourth-order valence-electron chi connectivity index (χ4n) is 2.87. The van der Waals surface area contributed by atoms with Crippen molar-refractivity contribution in [1.29, 1.82) is 0 Å². The monoisotopic (exact) mass is 401 g/mol. The summed E-state index contributed by atoms with van der Waals surface area (Å²) in [4.78, 5) is 29.4. The Kier molecular flexibility index (Phi) is 5.22. The number of halogens is 1. The molecule has 4 aromatic rings. The molecule has 0 atom stereocenters. The number of nitrogens with one attached hydrogen (secondary N) is 2. The van der Waals surface area contributed by atoms with Crippen LogP contribution < -0.4 is 10.6 Å². The van der Waals surface area contributed by atoms with Crippen LogP contribution in [0.2, 0.25) is 5.02 Å². The molecule has 142 valence electrons. The molecule has 4 rings (SSSR count). The molecule has 5 nitrogen and oxygen atoms in total. The summed E-state index contributed by atoms with van der Waals surface area (Å²) in [5.41, 5.74) is 2.21. The van der Waals surface area contributed by atoms with Crippen LogP contribution in [0.15, 0.2) is 84.9 Å². The average Bonchev–Trinajstić information content (AvgIpc) is 2.74. The number of hydrogen-bond acceptors (Lipinski definition) is 3. The summed E-state index contributed by atoms with van der Waals surface area (Å²) in [5, 5.41) is 7.13. The number of anilines is 2. The Hall–Kier alpha value is -3.70. The van der Waals surface area contributed by atoms with Crippen LogP contribution in [0.1, 0.15) is 20.7 Å². The number of rotatable bonds is 4. The van der Waals surface area contributed by atoms with Gasteiger partial charge in [-0.15, -0.1) is 0 Å². The second-order valence-corrected chi connectivity index (χ2v) is 6.82. The summed E-state index contributed by atoms with van der Waals surface area (Å²) in [6, 6.07) is 24.6. The number of fused-ring (bicyclic) bond motifs is 1. The molecule has 2 N–H and O–H groups in total. The van der Waals surface area contributed by atoms with Crippen LogP contribution in [0.4, 0.5) is 11.5 Å². The summed E-state index contributed by atoms with van der Waals surface area (Å²) < 4.78 is 0. The average molecular weight is 402 g/mol. The zero-order chi connectivity index (χ0) is 20.2. The summed E-state index contributed by atoms with van der Waals surface area (Å²) in [5.74, 6) is -0.130. The summed E-state index contributed by atoms with van der Waals surface area (Å²) in [6.45, 7) is 0. The number of pyridine rings is 1. The lowest BCUT2D eigenvalue weighted by Crippen LogP contribution is -2.15. The first-order valence-electron chi connectivity index (χ1n) is 8.93. The molecule has 0 aliphatic heterocycles. The first kappa shape index (κ1) is 18.7. The number of carbonyl (C=O) groups is 2. The van der Waals surface area contributed by atoms with Gasteiger partial charge in [-0.1, -0.05) is 35.9 Å². The molecular weight excluding hydrogens is 386 g/mol. The first-order chi connectivity index (χ1) is 14.1. The van der Waals surface area contributed by atoms with Gasteiger partial charge in [0.2, 0.25) is 0 Å². The Bertz CT molecular complexity index is 1210. The van der Waals surface area contributed by atoms with Crippen molar-refractivity contribution in [2.24, 2.45) is 0 Å². The van der Waals surface area contributed by atoms with Crippen molar-refractivity contribution in [3.63, 3.8) is 0 Å². The van der Waals surface area contributed by atoms with E-state index in [-0.39, 0.29) is 11.8 Å². The van der Waals surface area contributed by atoms with E-state index in [1.807, 2.05) is 30.3 Å². The van der Waals surface area contributed by atoms with Gasteiger partial charge in [-0.3, -0.25) is 9.59 Å². The molecule has 0 aliphatic carbocycles. The Balaban J connectivity index is 1.49. The second-order valence-electron chi connectivity index (χ2n) is 6.39.